The lowest BCUT2D eigenvalue weighted by molar-refractivity contribution is -0.132. The minimum atomic E-state index is -1.02. The zero-order valence-corrected chi connectivity index (χ0v) is 11.8. The van der Waals surface area contributed by atoms with E-state index in [2.05, 4.69) is 0 Å². The highest BCUT2D eigenvalue weighted by atomic mass is 16.5. The first-order valence-corrected chi connectivity index (χ1v) is 6.60. The molecule has 1 atom stereocenters. The van der Waals surface area contributed by atoms with Gasteiger partial charge in [0, 0.05) is 11.5 Å². The fourth-order valence-corrected chi connectivity index (χ4v) is 1.92. The fourth-order valence-electron chi connectivity index (χ4n) is 1.92. The Morgan fingerprint density at radius 1 is 1.38 bits per heavy atom. The largest absolute Gasteiger partial charge is 0.493 e. The maximum atomic E-state index is 11.3. The monoisotopic (exact) mass is 288 g/mol. The first-order chi connectivity index (χ1) is 10.0. The van der Waals surface area contributed by atoms with Crippen molar-refractivity contribution in [3.63, 3.8) is 0 Å². The molecule has 0 amide bonds. The average molecular weight is 288 g/mol. The van der Waals surface area contributed by atoms with E-state index < -0.39 is 11.6 Å². The Kier molecular flexibility index (Phi) is 4.42. The second-order valence-electron chi connectivity index (χ2n) is 4.69. The van der Waals surface area contributed by atoms with Crippen LogP contribution in [0, 0.1) is 0 Å². The standard InChI is InChI=1S/C16H16O5/c1-3-13(20-9-10(2)16(18)19)12-5-4-11-6-7-15(17)21-14(11)8-12/h4-9,13H,3H2,1-2H3,(H,18,19). The number of fused-ring (bicyclic) bond motifs is 1. The van der Waals surface area contributed by atoms with Crippen molar-refractivity contribution < 1.29 is 19.1 Å². The average Bonchev–Trinajstić information content (AvgIpc) is 2.47. The molecule has 1 unspecified atom stereocenters. The lowest BCUT2D eigenvalue weighted by Crippen LogP contribution is -2.03. The molecule has 2 rings (SSSR count). The topological polar surface area (TPSA) is 76.7 Å². The number of rotatable bonds is 5. The molecule has 0 fully saturated rings. The van der Waals surface area contributed by atoms with Gasteiger partial charge in [-0.2, -0.15) is 0 Å². The minimum absolute atomic E-state index is 0.126. The lowest BCUT2D eigenvalue weighted by atomic mass is 10.1. The predicted octanol–water partition coefficient (Wildman–Crippen LogP) is 3.25. The van der Waals surface area contributed by atoms with Gasteiger partial charge < -0.3 is 14.3 Å². The third kappa shape index (κ3) is 3.51. The Bertz CT molecular complexity index is 742. The molecule has 0 saturated heterocycles. The van der Waals surface area contributed by atoms with Gasteiger partial charge in [-0.05, 0) is 31.0 Å². The number of hydrogen-bond acceptors (Lipinski definition) is 4. The third-order valence-electron chi connectivity index (χ3n) is 3.14. The maximum Gasteiger partial charge on any atom is 0.336 e. The van der Waals surface area contributed by atoms with Crippen LogP contribution in [0.5, 0.6) is 0 Å². The van der Waals surface area contributed by atoms with Gasteiger partial charge in [-0.25, -0.2) is 9.59 Å². The summed E-state index contributed by atoms with van der Waals surface area (Å²) in [6.07, 6.45) is 1.60. The summed E-state index contributed by atoms with van der Waals surface area (Å²) in [5.41, 5.74) is 1.03. The molecule has 5 nitrogen and oxygen atoms in total. The maximum absolute atomic E-state index is 11.3. The number of aliphatic carboxylic acids is 1. The van der Waals surface area contributed by atoms with Crippen LogP contribution in [0.3, 0.4) is 0 Å². The molecular formula is C16H16O5. The molecule has 5 heteroatoms. The highest BCUT2D eigenvalue weighted by molar-refractivity contribution is 5.85. The van der Waals surface area contributed by atoms with Gasteiger partial charge in [0.15, 0.2) is 0 Å². The van der Waals surface area contributed by atoms with Crippen LogP contribution in [-0.4, -0.2) is 11.1 Å². The zero-order chi connectivity index (χ0) is 15.4. The Labute approximate surface area is 121 Å². The molecule has 0 radical (unpaired) electrons. The van der Waals surface area contributed by atoms with Gasteiger partial charge in [-0.15, -0.1) is 0 Å². The smallest absolute Gasteiger partial charge is 0.336 e. The number of ether oxygens (including phenoxy) is 1. The molecule has 1 heterocycles. The van der Waals surface area contributed by atoms with E-state index in [1.165, 1.54) is 19.3 Å². The van der Waals surface area contributed by atoms with Crippen LogP contribution in [0.2, 0.25) is 0 Å². The molecule has 1 N–H and O–H groups in total. The van der Waals surface area contributed by atoms with E-state index in [0.29, 0.717) is 12.0 Å². The second kappa shape index (κ2) is 6.26. The molecule has 110 valence electrons. The van der Waals surface area contributed by atoms with Crippen molar-refractivity contribution in [2.75, 3.05) is 0 Å². The molecule has 2 aromatic rings. The fraction of sp³-hybridized carbons (Fsp3) is 0.250. The summed E-state index contributed by atoms with van der Waals surface area (Å²) in [7, 11) is 0. The normalized spacial score (nSPS) is 13.1. The van der Waals surface area contributed by atoms with Crippen molar-refractivity contribution in [3.8, 4) is 0 Å². The highest BCUT2D eigenvalue weighted by Crippen LogP contribution is 2.25. The van der Waals surface area contributed by atoms with E-state index in [9.17, 15) is 9.59 Å². The summed E-state index contributed by atoms with van der Waals surface area (Å²) in [5.74, 6) is -1.02. The number of carboxylic acids is 1. The van der Waals surface area contributed by atoms with E-state index in [1.54, 1.807) is 12.1 Å². The van der Waals surface area contributed by atoms with Gasteiger partial charge in [0.05, 0.1) is 11.8 Å². The summed E-state index contributed by atoms with van der Waals surface area (Å²) < 4.78 is 10.7. The molecular weight excluding hydrogens is 272 g/mol. The van der Waals surface area contributed by atoms with Crippen molar-refractivity contribution in [2.45, 2.75) is 26.4 Å². The summed E-state index contributed by atoms with van der Waals surface area (Å²) in [6, 6.07) is 8.53. The van der Waals surface area contributed by atoms with E-state index in [1.807, 2.05) is 19.1 Å². The summed E-state index contributed by atoms with van der Waals surface area (Å²) >= 11 is 0. The van der Waals surface area contributed by atoms with Crippen LogP contribution in [-0.2, 0) is 9.53 Å². The van der Waals surface area contributed by atoms with Crippen LogP contribution in [0.15, 0.2) is 51.4 Å². The molecule has 1 aromatic heterocycles. The molecule has 0 bridgehead atoms. The molecule has 0 aliphatic heterocycles. The number of hydrogen-bond donors (Lipinski definition) is 1. The van der Waals surface area contributed by atoms with Crippen molar-refractivity contribution >= 4 is 16.9 Å². The first kappa shape index (κ1) is 14.8. The van der Waals surface area contributed by atoms with Crippen molar-refractivity contribution in [2.24, 2.45) is 0 Å². The van der Waals surface area contributed by atoms with Gasteiger partial charge in [-0.3, -0.25) is 0 Å². The molecule has 21 heavy (non-hydrogen) atoms. The molecule has 1 aromatic carbocycles. The van der Waals surface area contributed by atoms with Crippen LogP contribution in [0.4, 0.5) is 0 Å². The van der Waals surface area contributed by atoms with Gasteiger partial charge in [0.2, 0.25) is 0 Å². The van der Waals surface area contributed by atoms with E-state index in [0.717, 1.165) is 10.9 Å². The van der Waals surface area contributed by atoms with Crippen molar-refractivity contribution in [1.82, 2.24) is 0 Å². The van der Waals surface area contributed by atoms with Gasteiger partial charge in [0.25, 0.3) is 0 Å². The van der Waals surface area contributed by atoms with Gasteiger partial charge in [-0.1, -0.05) is 19.1 Å². The number of carboxylic acid groups (broad SMARTS) is 1. The Balaban J connectivity index is 2.31. The summed E-state index contributed by atoms with van der Waals surface area (Å²) in [4.78, 5) is 22.0. The van der Waals surface area contributed by atoms with Crippen LogP contribution in [0.25, 0.3) is 11.0 Å². The van der Waals surface area contributed by atoms with E-state index >= 15 is 0 Å². The second-order valence-corrected chi connectivity index (χ2v) is 4.69. The molecule has 0 aliphatic rings. The van der Waals surface area contributed by atoms with E-state index in [4.69, 9.17) is 14.3 Å². The van der Waals surface area contributed by atoms with Crippen molar-refractivity contribution in [3.05, 3.63) is 58.2 Å². The third-order valence-corrected chi connectivity index (χ3v) is 3.14. The van der Waals surface area contributed by atoms with Gasteiger partial charge >= 0.3 is 11.6 Å². The van der Waals surface area contributed by atoms with E-state index in [-0.39, 0.29) is 11.7 Å². The van der Waals surface area contributed by atoms with Crippen LogP contribution >= 0.6 is 0 Å². The highest BCUT2D eigenvalue weighted by Gasteiger charge is 2.12. The number of benzene rings is 1. The molecule has 0 saturated carbocycles. The molecule has 0 spiro atoms. The van der Waals surface area contributed by atoms with Crippen molar-refractivity contribution in [1.29, 1.82) is 0 Å². The Morgan fingerprint density at radius 3 is 2.76 bits per heavy atom. The van der Waals surface area contributed by atoms with Crippen LogP contribution in [0.1, 0.15) is 31.9 Å². The number of carbonyl (C=O) groups is 1. The quantitative estimate of drug-likeness (QED) is 0.519. The Morgan fingerprint density at radius 2 is 2.10 bits per heavy atom. The van der Waals surface area contributed by atoms with Crippen LogP contribution < -0.4 is 5.63 Å². The van der Waals surface area contributed by atoms with Gasteiger partial charge in [0.1, 0.15) is 11.7 Å². The summed E-state index contributed by atoms with van der Waals surface area (Å²) in [6.45, 7) is 3.40. The Hall–Kier alpha value is -2.56. The molecule has 0 aliphatic carbocycles. The zero-order valence-electron chi connectivity index (χ0n) is 11.8. The SMILES string of the molecule is CCC(OC=C(C)C(=O)O)c1ccc2ccc(=O)oc2c1. The first-order valence-electron chi connectivity index (χ1n) is 6.60. The summed E-state index contributed by atoms with van der Waals surface area (Å²) in [5, 5.41) is 9.64. The predicted molar refractivity (Wildman–Crippen MR) is 78.0 cm³/mol. The lowest BCUT2D eigenvalue weighted by Gasteiger charge is -2.15. The minimum Gasteiger partial charge on any atom is -0.493 e.